The summed E-state index contributed by atoms with van der Waals surface area (Å²) in [5, 5.41) is 11.7. The van der Waals surface area contributed by atoms with Gasteiger partial charge in [-0.1, -0.05) is 41.9 Å². The summed E-state index contributed by atoms with van der Waals surface area (Å²) >= 11 is 6.03. The third-order valence-electron chi connectivity index (χ3n) is 3.97. The molecule has 0 radical (unpaired) electrons. The van der Waals surface area contributed by atoms with E-state index in [0.717, 1.165) is 5.69 Å². The molecular weight excluding hydrogens is 300 g/mol. The maximum absolute atomic E-state index is 12.9. The van der Waals surface area contributed by atoms with Crippen molar-refractivity contribution in [1.29, 1.82) is 0 Å². The van der Waals surface area contributed by atoms with Crippen LogP contribution in [0.4, 0.5) is 5.69 Å². The Morgan fingerprint density at radius 2 is 1.95 bits per heavy atom. The van der Waals surface area contributed by atoms with Crippen LogP contribution in [0.3, 0.4) is 0 Å². The summed E-state index contributed by atoms with van der Waals surface area (Å²) in [5.41, 5.74) is 5.64. The van der Waals surface area contributed by atoms with Crippen molar-refractivity contribution in [3.63, 3.8) is 0 Å². The molecule has 0 saturated carbocycles. The molecule has 3 rings (SSSR count). The summed E-state index contributed by atoms with van der Waals surface area (Å²) < 4.78 is 0. The van der Waals surface area contributed by atoms with Crippen molar-refractivity contribution >= 4 is 23.2 Å². The van der Waals surface area contributed by atoms with Gasteiger partial charge in [-0.2, -0.15) is 0 Å². The van der Waals surface area contributed by atoms with Crippen LogP contribution < -0.4 is 10.6 Å². The smallest absolute Gasteiger partial charge is 0.268 e. The molecule has 22 heavy (non-hydrogen) atoms. The number of aliphatic hydroxyl groups is 1. The minimum Gasteiger partial charge on any atom is -0.372 e. The highest BCUT2D eigenvalue weighted by Gasteiger charge is 2.50. The van der Waals surface area contributed by atoms with E-state index in [4.69, 9.17) is 17.3 Å². The van der Waals surface area contributed by atoms with Crippen LogP contribution in [0, 0.1) is 0 Å². The number of amides is 1. The number of carbonyl (C=O) groups excluding carboxylic acids is 1. The first-order chi connectivity index (χ1) is 10.6. The topological polar surface area (TPSA) is 66.6 Å². The number of benzene rings is 2. The van der Waals surface area contributed by atoms with Crippen LogP contribution in [0.25, 0.3) is 0 Å². The predicted octanol–water partition coefficient (Wildman–Crippen LogP) is 2.27. The van der Waals surface area contributed by atoms with Crippen LogP contribution in [0.5, 0.6) is 0 Å². The summed E-state index contributed by atoms with van der Waals surface area (Å²) in [5.74, 6) is -0.357. The van der Waals surface area contributed by atoms with Gasteiger partial charge in [-0.15, -0.1) is 0 Å². The number of nitrogens with two attached hydrogens (primary N) is 1. The van der Waals surface area contributed by atoms with Gasteiger partial charge in [0.25, 0.3) is 5.91 Å². The van der Waals surface area contributed by atoms with Crippen molar-refractivity contribution in [3.05, 3.63) is 64.7 Å². The summed E-state index contributed by atoms with van der Waals surface area (Å²) in [6.07, 6.45) is 0.672. The third kappa shape index (κ3) is 2.20. The van der Waals surface area contributed by atoms with Crippen LogP contribution >= 0.6 is 11.6 Å². The van der Waals surface area contributed by atoms with Gasteiger partial charge in [-0.25, -0.2) is 0 Å². The number of carbonyl (C=O) groups is 1. The summed E-state index contributed by atoms with van der Waals surface area (Å²) in [7, 11) is 0. The number of fused-ring (bicyclic) bond motifs is 1. The maximum Gasteiger partial charge on any atom is 0.268 e. The first-order valence-electron chi connectivity index (χ1n) is 7.19. The fraction of sp³-hybridized carbons (Fsp3) is 0.235. The van der Waals surface area contributed by atoms with E-state index in [1.54, 1.807) is 35.2 Å². The summed E-state index contributed by atoms with van der Waals surface area (Å²) in [6.45, 7) is 0.969. The number of anilines is 1. The molecule has 1 heterocycles. The number of nitrogens with zero attached hydrogens (tertiary/aromatic N) is 1. The van der Waals surface area contributed by atoms with Crippen LogP contribution in [-0.2, 0) is 10.4 Å². The van der Waals surface area contributed by atoms with Gasteiger partial charge in [0.2, 0.25) is 0 Å². The van der Waals surface area contributed by atoms with E-state index in [1.807, 2.05) is 18.2 Å². The number of hydrogen-bond acceptors (Lipinski definition) is 3. The molecule has 1 amide bonds. The highest BCUT2D eigenvalue weighted by Crippen LogP contribution is 2.44. The largest absolute Gasteiger partial charge is 0.372 e. The van der Waals surface area contributed by atoms with E-state index in [1.165, 1.54) is 0 Å². The molecule has 2 aromatic rings. The van der Waals surface area contributed by atoms with Crippen LogP contribution in [-0.4, -0.2) is 24.1 Å². The van der Waals surface area contributed by atoms with Crippen molar-refractivity contribution in [2.24, 2.45) is 5.73 Å². The molecule has 0 saturated heterocycles. The highest BCUT2D eigenvalue weighted by atomic mass is 35.5. The third-order valence-corrected chi connectivity index (χ3v) is 4.20. The van der Waals surface area contributed by atoms with Crippen LogP contribution in [0.1, 0.15) is 17.5 Å². The lowest BCUT2D eigenvalue weighted by atomic mass is 9.87. The minimum atomic E-state index is -1.70. The molecule has 1 aliphatic heterocycles. The lowest BCUT2D eigenvalue weighted by molar-refractivity contribution is -0.132. The Balaban J connectivity index is 2.14. The van der Waals surface area contributed by atoms with E-state index < -0.39 is 5.60 Å². The molecule has 4 nitrogen and oxygen atoms in total. The normalized spacial score (nSPS) is 20.3. The molecule has 5 heteroatoms. The lowest BCUT2D eigenvalue weighted by Gasteiger charge is -2.23. The van der Waals surface area contributed by atoms with Gasteiger partial charge >= 0.3 is 0 Å². The van der Waals surface area contributed by atoms with Gasteiger partial charge in [0.15, 0.2) is 5.60 Å². The first-order valence-corrected chi connectivity index (χ1v) is 7.57. The van der Waals surface area contributed by atoms with Crippen molar-refractivity contribution < 1.29 is 9.90 Å². The molecule has 1 atom stereocenters. The average molecular weight is 317 g/mol. The van der Waals surface area contributed by atoms with E-state index in [-0.39, 0.29) is 5.91 Å². The van der Waals surface area contributed by atoms with E-state index in [9.17, 15) is 9.90 Å². The number of halogens is 1. The van der Waals surface area contributed by atoms with E-state index in [2.05, 4.69) is 0 Å². The second-order valence-corrected chi connectivity index (χ2v) is 5.77. The molecule has 1 aliphatic rings. The zero-order valence-corrected chi connectivity index (χ0v) is 12.8. The molecule has 1 unspecified atom stereocenters. The molecule has 0 bridgehead atoms. The number of rotatable bonds is 4. The Kier molecular flexibility index (Phi) is 3.91. The van der Waals surface area contributed by atoms with E-state index >= 15 is 0 Å². The van der Waals surface area contributed by atoms with Gasteiger partial charge in [-0.05, 0) is 36.7 Å². The highest BCUT2D eigenvalue weighted by molar-refractivity contribution is 6.30. The second kappa shape index (κ2) is 5.72. The average Bonchev–Trinajstić information content (AvgIpc) is 2.75. The maximum atomic E-state index is 12.9. The van der Waals surface area contributed by atoms with Crippen molar-refractivity contribution in [1.82, 2.24) is 0 Å². The molecular formula is C17H17ClN2O2. The minimum absolute atomic E-state index is 0.357. The van der Waals surface area contributed by atoms with Gasteiger partial charge in [-0.3, -0.25) is 4.79 Å². The quantitative estimate of drug-likeness (QED) is 0.909. The van der Waals surface area contributed by atoms with Gasteiger partial charge < -0.3 is 15.7 Å². The van der Waals surface area contributed by atoms with Gasteiger partial charge in [0.05, 0.1) is 5.69 Å². The fourth-order valence-corrected chi connectivity index (χ4v) is 3.09. The Labute approximate surface area is 134 Å². The summed E-state index contributed by atoms with van der Waals surface area (Å²) in [6, 6.07) is 14.1. The molecule has 114 valence electrons. The molecule has 0 fully saturated rings. The van der Waals surface area contributed by atoms with Crippen LogP contribution in [0.2, 0.25) is 5.02 Å². The zero-order chi connectivity index (χ0) is 15.7. The standard InChI is InChI=1S/C17H17ClN2O2/c18-13-6-3-5-12(11-13)17(22)14-7-1-2-8-15(14)20(16(17)21)10-4-9-19/h1-3,5-8,11,22H,4,9-10,19H2. The van der Waals surface area contributed by atoms with Gasteiger partial charge in [0.1, 0.15) is 0 Å². The molecule has 0 aliphatic carbocycles. The Hall–Kier alpha value is -1.88. The van der Waals surface area contributed by atoms with Crippen molar-refractivity contribution in [2.75, 3.05) is 18.0 Å². The second-order valence-electron chi connectivity index (χ2n) is 5.34. The van der Waals surface area contributed by atoms with E-state index in [0.29, 0.717) is 35.7 Å². The lowest BCUT2D eigenvalue weighted by Crippen LogP contribution is -2.41. The fourth-order valence-electron chi connectivity index (χ4n) is 2.90. The first kappa shape index (κ1) is 15.0. The predicted molar refractivity (Wildman–Crippen MR) is 86.9 cm³/mol. The number of para-hydroxylation sites is 1. The molecule has 2 aromatic carbocycles. The summed E-state index contributed by atoms with van der Waals surface area (Å²) in [4.78, 5) is 14.5. The Morgan fingerprint density at radius 1 is 1.18 bits per heavy atom. The zero-order valence-electron chi connectivity index (χ0n) is 12.0. The van der Waals surface area contributed by atoms with Crippen molar-refractivity contribution in [2.45, 2.75) is 12.0 Å². The Bertz CT molecular complexity index is 719. The molecule has 0 spiro atoms. The number of hydrogen-bond donors (Lipinski definition) is 2. The Morgan fingerprint density at radius 3 is 2.68 bits per heavy atom. The monoisotopic (exact) mass is 316 g/mol. The van der Waals surface area contributed by atoms with Gasteiger partial charge in [0, 0.05) is 17.1 Å². The molecule has 3 N–H and O–H groups in total. The van der Waals surface area contributed by atoms with Crippen LogP contribution in [0.15, 0.2) is 48.5 Å². The molecule has 0 aromatic heterocycles. The van der Waals surface area contributed by atoms with Crippen molar-refractivity contribution in [3.8, 4) is 0 Å². The SMILES string of the molecule is NCCCN1C(=O)C(O)(c2cccc(Cl)c2)c2ccccc21.